The molecule has 2 heterocycles. The van der Waals surface area contributed by atoms with Gasteiger partial charge in [-0.1, -0.05) is 54.1 Å². The maximum Gasteiger partial charge on any atom is 0.360 e. The Bertz CT molecular complexity index is 1150. The molecule has 0 saturated carbocycles. The lowest BCUT2D eigenvalue weighted by molar-refractivity contribution is 0.430. The van der Waals surface area contributed by atoms with Crippen molar-refractivity contribution in [2.75, 3.05) is 12.4 Å². The minimum absolute atomic E-state index is 0.536. The van der Waals surface area contributed by atoms with Crippen molar-refractivity contribution in [3.8, 4) is 11.3 Å². The Hall–Kier alpha value is -2.39. The second-order valence-corrected chi connectivity index (χ2v) is 8.03. The third-order valence-corrected chi connectivity index (χ3v) is 5.54. The summed E-state index contributed by atoms with van der Waals surface area (Å²) in [7, 11) is 2.21. The van der Waals surface area contributed by atoms with Gasteiger partial charge in [0.15, 0.2) is 5.65 Å². The van der Waals surface area contributed by atoms with Gasteiger partial charge in [0, 0.05) is 36.9 Å². The minimum Gasteiger partial charge on any atom is -0.427 e. The van der Waals surface area contributed by atoms with Crippen molar-refractivity contribution in [2.24, 2.45) is 0 Å². The molecule has 0 radical (unpaired) electrons. The Morgan fingerprint density at radius 3 is 2.57 bits per heavy atom. The number of aromatic nitrogens is 3. The Balaban J connectivity index is 1.57. The quantitative estimate of drug-likeness (QED) is 0.286. The zero-order valence-electron chi connectivity index (χ0n) is 16.4. The van der Waals surface area contributed by atoms with Crippen LogP contribution in [0.15, 0.2) is 65.3 Å². The van der Waals surface area contributed by atoms with E-state index in [2.05, 4.69) is 55.8 Å². The lowest BCUT2D eigenvalue weighted by Gasteiger charge is -2.12. The number of halogens is 2. The van der Waals surface area contributed by atoms with Crippen LogP contribution in [0.5, 0.6) is 0 Å². The number of nitrogens with one attached hydrogen (secondary N) is 2. The van der Waals surface area contributed by atoms with Gasteiger partial charge < -0.3 is 15.2 Å². The van der Waals surface area contributed by atoms with Gasteiger partial charge in [-0.3, -0.25) is 0 Å². The molecule has 0 aliphatic rings. The van der Waals surface area contributed by atoms with Crippen LogP contribution in [0.4, 0.5) is 5.82 Å². The summed E-state index contributed by atoms with van der Waals surface area (Å²) in [6, 6.07) is 18.1. The van der Waals surface area contributed by atoms with Crippen molar-refractivity contribution in [1.82, 2.24) is 19.8 Å². The van der Waals surface area contributed by atoms with Gasteiger partial charge in [-0.2, -0.15) is 9.61 Å². The number of anilines is 1. The summed E-state index contributed by atoms with van der Waals surface area (Å²) < 4.78 is 7.63. The Morgan fingerprint density at radius 2 is 1.83 bits per heavy atom. The number of nitrogens with zero attached hydrogens (tertiary/aromatic N) is 3. The van der Waals surface area contributed by atoms with Gasteiger partial charge in [0.25, 0.3) is 0 Å². The first kappa shape index (κ1) is 20.9. The number of fused-ring (bicyclic) bond motifs is 1. The minimum atomic E-state index is 0.536. The van der Waals surface area contributed by atoms with E-state index in [0.717, 1.165) is 33.7 Å². The topological polar surface area (TPSA) is 63.5 Å². The molecule has 0 aliphatic heterocycles. The second-order valence-electron chi connectivity index (χ2n) is 6.76. The maximum atomic E-state index is 6.40. The van der Waals surface area contributed by atoms with Gasteiger partial charge in [0.1, 0.15) is 5.82 Å². The first-order valence-electron chi connectivity index (χ1n) is 9.46. The van der Waals surface area contributed by atoms with Crippen LogP contribution in [-0.2, 0) is 17.7 Å². The fourth-order valence-corrected chi connectivity index (χ4v) is 3.71. The molecule has 0 bridgehead atoms. The molecule has 0 aliphatic carbocycles. The van der Waals surface area contributed by atoms with Crippen molar-refractivity contribution >= 4 is 46.6 Å². The van der Waals surface area contributed by atoms with Crippen LogP contribution in [0.2, 0.25) is 5.02 Å². The predicted molar refractivity (Wildman–Crippen MR) is 126 cm³/mol. The van der Waals surface area contributed by atoms with Crippen molar-refractivity contribution < 1.29 is 4.65 Å². The van der Waals surface area contributed by atoms with E-state index in [-0.39, 0.29) is 0 Å². The summed E-state index contributed by atoms with van der Waals surface area (Å²) in [5, 5.41) is 11.8. The van der Waals surface area contributed by atoms with E-state index < -0.39 is 0 Å². The standard InChI is InChI=1S/C21H20BBrClN5O/c1-30-22-26-12-15-8-6-14(7-9-15)11-25-20-10-19(16-4-2-3-5-18(16)24)28-21-17(23)13-27-29(20)21/h2-10,13,22,25-26H,11-12H2,1H3. The molecule has 0 atom stereocenters. The van der Waals surface area contributed by atoms with Crippen LogP contribution in [0.25, 0.3) is 16.9 Å². The van der Waals surface area contributed by atoms with Gasteiger partial charge >= 0.3 is 7.62 Å². The fourth-order valence-electron chi connectivity index (χ4n) is 3.13. The normalized spacial score (nSPS) is 11.0. The number of hydrogen-bond acceptors (Lipinski definition) is 5. The van der Waals surface area contributed by atoms with Crippen LogP contribution in [0.1, 0.15) is 11.1 Å². The van der Waals surface area contributed by atoms with Gasteiger partial charge in [0.2, 0.25) is 0 Å². The van der Waals surface area contributed by atoms with Gasteiger partial charge in [0.05, 0.1) is 16.4 Å². The molecule has 2 N–H and O–H groups in total. The van der Waals surface area contributed by atoms with Gasteiger partial charge in [-0.15, -0.1) is 0 Å². The lowest BCUT2D eigenvalue weighted by atomic mass is 10.1. The molecule has 6 nitrogen and oxygen atoms in total. The van der Waals surface area contributed by atoms with E-state index in [1.807, 2.05) is 30.3 Å². The number of hydrogen-bond donors (Lipinski definition) is 2. The summed E-state index contributed by atoms with van der Waals surface area (Å²) in [6.45, 7) is 1.43. The molecule has 152 valence electrons. The van der Waals surface area contributed by atoms with Gasteiger partial charge in [-0.25, -0.2) is 4.98 Å². The third-order valence-electron chi connectivity index (χ3n) is 4.65. The second kappa shape index (κ2) is 9.62. The smallest absolute Gasteiger partial charge is 0.360 e. The highest BCUT2D eigenvalue weighted by molar-refractivity contribution is 9.10. The van der Waals surface area contributed by atoms with E-state index in [1.54, 1.807) is 17.8 Å². The maximum absolute atomic E-state index is 6.40. The molecular formula is C21H20BBrClN5O. The zero-order valence-corrected chi connectivity index (χ0v) is 18.7. The van der Waals surface area contributed by atoms with E-state index in [9.17, 15) is 0 Å². The molecule has 2 aromatic heterocycles. The fraction of sp³-hybridized carbons (Fsp3) is 0.143. The molecule has 0 unspecified atom stereocenters. The number of benzene rings is 2. The lowest BCUT2D eigenvalue weighted by Crippen LogP contribution is -2.20. The first-order valence-corrected chi connectivity index (χ1v) is 10.6. The van der Waals surface area contributed by atoms with Crippen LogP contribution in [-0.4, -0.2) is 29.3 Å². The molecule has 4 rings (SSSR count). The highest BCUT2D eigenvalue weighted by atomic mass is 79.9. The summed E-state index contributed by atoms with van der Waals surface area (Å²) in [4.78, 5) is 4.74. The molecule has 9 heteroatoms. The predicted octanol–water partition coefficient (Wildman–Crippen LogP) is 4.43. The summed E-state index contributed by atoms with van der Waals surface area (Å²) in [6.07, 6.45) is 1.74. The largest absolute Gasteiger partial charge is 0.427 e. The zero-order chi connectivity index (χ0) is 20.9. The average Bonchev–Trinajstić information content (AvgIpc) is 3.14. The molecule has 0 saturated heterocycles. The van der Waals surface area contributed by atoms with Crippen molar-refractivity contribution in [3.05, 3.63) is 81.4 Å². The third kappa shape index (κ3) is 4.68. The van der Waals surface area contributed by atoms with E-state index in [4.69, 9.17) is 21.2 Å². The molecule has 0 fully saturated rings. The molecule has 4 aromatic rings. The summed E-state index contributed by atoms with van der Waals surface area (Å²) >= 11 is 9.94. The first-order chi connectivity index (χ1) is 14.7. The van der Waals surface area contributed by atoms with Crippen LogP contribution in [0, 0.1) is 0 Å². The van der Waals surface area contributed by atoms with E-state index in [0.29, 0.717) is 19.2 Å². The van der Waals surface area contributed by atoms with Crippen LogP contribution in [0.3, 0.4) is 0 Å². The monoisotopic (exact) mass is 483 g/mol. The molecule has 0 spiro atoms. The summed E-state index contributed by atoms with van der Waals surface area (Å²) in [5.74, 6) is 0.839. The SMILES string of the molecule is COBNCc1ccc(CNc2cc(-c3ccccc3Cl)nc3c(Br)cnn23)cc1. The average molecular weight is 485 g/mol. The molecule has 30 heavy (non-hydrogen) atoms. The Labute approximate surface area is 189 Å². The Kier molecular flexibility index (Phi) is 6.69. The van der Waals surface area contributed by atoms with Gasteiger partial charge in [-0.05, 0) is 33.1 Å². The highest BCUT2D eigenvalue weighted by Crippen LogP contribution is 2.30. The van der Waals surface area contributed by atoms with Crippen molar-refractivity contribution in [1.29, 1.82) is 0 Å². The molecular weight excluding hydrogens is 464 g/mol. The van der Waals surface area contributed by atoms with E-state index >= 15 is 0 Å². The van der Waals surface area contributed by atoms with Crippen LogP contribution < -0.4 is 10.5 Å². The van der Waals surface area contributed by atoms with Crippen molar-refractivity contribution in [3.63, 3.8) is 0 Å². The Morgan fingerprint density at radius 1 is 1.10 bits per heavy atom. The van der Waals surface area contributed by atoms with E-state index in [1.165, 1.54) is 11.1 Å². The number of rotatable bonds is 8. The molecule has 0 amide bonds. The summed E-state index contributed by atoms with van der Waals surface area (Å²) in [5.41, 5.74) is 4.77. The highest BCUT2D eigenvalue weighted by Gasteiger charge is 2.13. The van der Waals surface area contributed by atoms with Crippen LogP contribution >= 0.6 is 27.5 Å². The van der Waals surface area contributed by atoms with Crippen molar-refractivity contribution in [2.45, 2.75) is 13.1 Å². The molecule has 2 aromatic carbocycles.